The van der Waals surface area contributed by atoms with Gasteiger partial charge < -0.3 is 19.7 Å². The number of rotatable bonds is 5. The van der Waals surface area contributed by atoms with Crippen molar-refractivity contribution in [2.45, 2.75) is 25.5 Å². The number of likely N-dealkylation sites (tertiary alicyclic amines) is 1. The van der Waals surface area contributed by atoms with Crippen molar-refractivity contribution in [3.05, 3.63) is 65.7 Å². The number of benzene rings is 2. The Hall–Kier alpha value is -3.02. The van der Waals surface area contributed by atoms with Crippen LogP contribution in [0.1, 0.15) is 28.8 Å². The van der Waals surface area contributed by atoms with Gasteiger partial charge >= 0.3 is 6.09 Å². The number of hydrogen-bond acceptors (Lipinski definition) is 4. The first-order valence-corrected chi connectivity index (χ1v) is 9.07. The van der Waals surface area contributed by atoms with Crippen molar-refractivity contribution in [1.82, 2.24) is 10.2 Å². The molecule has 27 heavy (non-hydrogen) atoms. The number of piperidine rings is 1. The lowest BCUT2D eigenvalue weighted by molar-refractivity contribution is 0.0808. The zero-order valence-corrected chi connectivity index (χ0v) is 15.4. The third kappa shape index (κ3) is 5.00. The van der Waals surface area contributed by atoms with E-state index in [1.54, 1.807) is 24.1 Å². The van der Waals surface area contributed by atoms with E-state index < -0.39 is 0 Å². The molecule has 0 radical (unpaired) electrons. The summed E-state index contributed by atoms with van der Waals surface area (Å²) < 4.78 is 10.6. The van der Waals surface area contributed by atoms with Crippen molar-refractivity contribution in [2.75, 3.05) is 20.2 Å². The number of methoxy groups -OCH3 is 1. The highest BCUT2D eigenvalue weighted by molar-refractivity contribution is 5.97. The minimum Gasteiger partial charge on any atom is -0.496 e. The highest BCUT2D eigenvalue weighted by Crippen LogP contribution is 2.19. The zero-order valence-electron chi connectivity index (χ0n) is 15.4. The highest BCUT2D eigenvalue weighted by Gasteiger charge is 2.25. The van der Waals surface area contributed by atoms with Gasteiger partial charge in [-0.2, -0.15) is 0 Å². The van der Waals surface area contributed by atoms with Crippen LogP contribution < -0.4 is 10.1 Å². The molecule has 2 amide bonds. The van der Waals surface area contributed by atoms with E-state index in [0.29, 0.717) is 37.2 Å². The van der Waals surface area contributed by atoms with Crippen LogP contribution in [0.4, 0.5) is 4.79 Å². The SMILES string of the molecule is COc1ccccc1C(=O)NC1CCN(C(=O)OCc2ccccc2)CC1. The molecule has 6 nitrogen and oxygen atoms in total. The molecule has 142 valence electrons. The molecule has 2 aromatic carbocycles. The number of ether oxygens (including phenoxy) is 2. The first-order chi connectivity index (χ1) is 13.2. The lowest BCUT2D eigenvalue weighted by Crippen LogP contribution is -2.46. The van der Waals surface area contributed by atoms with Gasteiger partial charge in [-0.15, -0.1) is 0 Å². The van der Waals surface area contributed by atoms with Gasteiger partial charge in [-0.3, -0.25) is 4.79 Å². The molecule has 2 aromatic rings. The molecule has 0 aromatic heterocycles. The quantitative estimate of drug-likeness (QED) is 0.880. The molecule has 0 bridgehead atoms. The van der Waals surface area contributed by atoms with Crippen LogP contribution in [0.2, 0.25) is 0 Å². The number of carbonyl (C=O) groups excluding carboxylic acids is 2. The normalized spacial score (nSPS) is 14.5. The number of nitrogens with zero attached hydrogens (tertiary/aromatic N) is 1. The van der Waals surface area contributed by atoms with Crippen molar-refractivity contribution >= 4 is 12.0 Å². The van der Waals surface area contributed by atoms with Crippen molar-refractivity contribution in [1.29, 1.82) is 0 Å². The summed E-state index contributed by atoms with van der Waals surface area (Å²) >= 11 is 0. The Labute approximate surface area is 159 Å². The van der Waals surface area contributed by atoms with E-state index in [0.717, 1.165) is 5.56 Å². The summed E-state index contributed by atoms with van der Waals surface area (Å²) in [5.41, 5.74) is 1.48. The van der Waals surface area contributed by atoms with E-state index >= 15 is 0 Å². The van der Waals surface area contributed by atoms with Crippen LogP contribution in [0.5, 0.6) is 5.75 Å². The maximum Gasteiger partial charge on any atom is 0.410 e. The Morgan fingerprint density at radius 3 is 2.41 bits per heavy atom. The van der Waals surface area contributed by atoms with E-state index in [9.17, 15) is 9.59 Å². The van der Waals surface area contributed by atoms with Gasteiger partial charge in [0.15, 0.2) is 0 Å². The van der Waals surface area contributed by atoms with Crippen molar-refractivity contribution < 1.29 is 19.1 Å². The maximum atomic E-state index is 12.5. The average Bonchev–Trinajstić information content (AvgIpc) is 2.73. The van der Waals surface area contributed by atoms with Gasteiger partial charge in [0, 0.05) is 19.1 Å². The van der Waals surface area contributed by atoms with Gasteiger partial charge in [-0.1, -0.05) is 42.5 Å². The zero-order chi connectivity index (χ0) is 19.1. The van der Waals surface area contributed by atoms with E-state index in [4.69, 9.17) is 9.47 Å². The molecule has 0 spiro atoms. The van der Waals surface area contributed by atoms with Crippen molar-refractivity contribution in [2.24, 2.45) is 0 Å². The molecule has 0 saturated carbocycles. The van der Waals surface area contributed by atoms with Crippen molar-refractivity contribution in [3.8, 4) is 5.75 Å². The molecule has 1 heterocycles. The summed E-state index contributed by atoms with van der Waals surface area (Å²) in [5.74, 6) is 0.398. The minimum atomic E-state index is -0.312. The van der Waals surface area contributed by atoms with Crippen LogP contribution in [0, 0.1) is 0 Å². The Morgan fingerprint density at radius 1 is 1.04 bits per heavy atom. The van der Waals surface area contributed by atoms with Gasteiger partial charge in [-0.25, -0.2) is 4.79 Å². The number of amides is 2. The molecular formula is C21H24N2O4. The fourth-order valence-electron chi connectivity index (χ4n) is 3.11. The average molecular weight is 368 g/mol. The first-order valence-electron chi connectivity index (χ1n) is 9.07. The van der Waals surface area contributed by atoms with Gasteiger partial charge in [0.2, 0.25) is 0 Å². The van der Waals surface area contributed by atoms with Crippen LogP contribution in [-0.2, 0) is 11.3 Å². The van der Waals surface area contributed by atoms with Crippen LogP contribution >= 0.6 is 0 Å². The monoisotopic (exact) mass is 368 g/mol. The van der Waals surface area contributed by atoms with Crippen LogP contribution in [-0.4, -0.2) is 43.1 Å². The molecule has 1 aliphatic rings. The molecule has 0 atom stereocenters. The molecule has 0 aliphatic carbocycles. The van der Waals surface area contributed by atoms with E-state index in [1.165, 1.54) is 0 Å². The predicted molar refractivity (Wildman–Crippen MR) is 102 cm³/mol. The molecule has 6 heteroatoms. The van der Waals surface area contributed by atoms with Crippen molar-refractivity contribution in [3.63, 3.8) is 0 Å². The molecule has 0 unspecified atom stereocenters. The third-order valence-corrected chi connectivity index (χ3v) is 4.65. The predicted octanol–water partition coefficient (Wildman–Crippen LogP) is 3.23. The fourth-order valence-corrected chi connectivity index (χ4v) is 3.11. The molecule has 3 rings (SSSR count). The van der Waals surface area contributed by atoms with Gasteiger partial charge in [0.05, 0.1) is 12.7 Å². The third-order valence-electron chi connectivity index (χ3n) is 4.65. The van der Waals surface area contributed by atoms with Gasteiger partial charge in [0.1, 0.15) is 12.4 Å². The summed E-state index contributed by atoms with van der Waals surface area (Å²) in [6.45, 7) is 1.39. The van der Waals surface area contributed by atoms with E-state index in [1.807, 2.05) is 42.5 Å². The maximum absolute atomic E-state index is 12.5. The summed E-state index contributed by atoms with van der Waals surface area (Å²) in [7, 11) is 1.55. The Bertz CT molecular complexity index is 771. The topological polar surface area (TPSA) is 67.9 Å². The lowest BCUT2D eigenvalue weighted by atomic mass is 10.0. The number of hydrogen-bond donors (Lipinski definition) is 1. The van der Waals surface area contributed by atoms with Crippen LogP contribution in [0.15, 0.2) is 54.6 Å². The van der Waals surface area contributed by atoms with E-state index in [-0.39, 0.29) is 24.6 Å². The first kappa shape index (κ1) is 18.8. The second-order valence-electron chi connectivity index (χ2n) is 6.48. The number of para-hydroxylation sites is 1. The summed E-state index contributed by atoms with van der Waals surface area (Å²) in [6.07, 6.45) is 1.08. The molecular weight excluding hydrogens is 344 g/mol. The molecule has 1 N–H and O–H groups in total. The largest absolute Gasteiger partial charge is 0.496 e. The Kier molecular flexibility index (Phi) is 6.30. The number of carbonyl (C=O) groups is 2. The minimum absolute atomic E-state index is 0.0283. The second kappa shape index (κ2) is 9.07. The molecule has 1 fully saturated rings. The fraction of sp³-hybridized carbons (Fsp3) is 0.333. The molecule has 1 saturated heterocycles. The summed E-state index contributed by atoms with van der Waals surface area (Å²) in [4.78, 5) is 26.4. The van der Waals surface area contributed by atoms with Gasteiger partial charge in [-0.05, 0) is 30.5 Å². The smallest absolute Gasteiger partial charge is 0.410 e. The second-order valence-corrected chi connectivity index (χ2v) is 6.48. The highest BCUT2D eigenvalue weighted by atomic mass is 16.6. The number of nitrogens with one attached hydrogen (secondary N) is 1. The Morgan fingerprint density at radius 2 is 1.70 bits per heavy atom. The Balaban J connectivity index is 1.46. The summed E-state index contributed by atoms with van der Waals surface area (Å²) in [6, 6.07) is 16.8. The van der Waals surface area contributed by atoms with Crippen LogP contribution in [0.3, 0.4) is 0 Å². The molecule has 1 aliphatic heterocycles. The van der Waals surface area contributed by atoms with E-state index in [2.05, 4.69) is 5.32 Å². The van der Waals surface area contributed by atoms with Crippen LogP contribution in [0.25, 0.3) is 0 Å². The summed E-state index contributed by atoms with van der Waals surface area (Å²) in [5, 5.41) is 3.03. The van der Waals surface area contributed by atoms with Gasteiger partial charge in [0.25, 0.3) is 5.91 Å². The standard InChI is InChI=1S/C21H24N2O4/c1-26-19-10-6-5-9-18(19)20(24)22-17-11-13-23(14-12-17)21(25)27-15-16-7-3-2-4-8-16/h2-10,17H,11-15H2,1H3,(H,22,24). The lowest BCUT2D eigenvalue weighted by Gasteiger charge is -2.31.